The third kappa shape index (κ3) is 6.11. The number of amides is 1. The number of carbonyl (C=O) groups excluding carboxylic acids is 1. The van der Waals surface area contributed by atoms with Gasteiger partial charge in [0.2, 0.25) is 5.91 Å². The van der Waals surface area contributed by atoms with Crippen LogP contribution in [0.4, 0.5) is 0 Å². The van der Waals surface area contributed by atoms with E-state index in [1.54, 1.807) is 7.11 Å². The van der Waals surface area contributed by atoms with Crippen molar-refractivity contribution >= 4 is 5.91 Å². The number of hydrogen-bond donors (Lipinski definition) is 1. The highest BCUT2D eigenvalue weighted by molar-refractivity contribution is 5.75. The van der Waals surface area contributed by atoms with Crippen LogP contribution in [0.25, 0.3) is 0 Å². The van der Waals surface area contributed by atoms with Gasteiger partial charge in [0, 0.05) is 20.1 Å². The molecule has 1 saturated carbocycles. The van der Waals surface area contributed by atoms with E-state index in [0.717, 1.165) is 12.3 Å². The van der Waals surface area contributed by atoms with Crippen LogP contribution in [0.3, 0.4) is 0 Å². The molecule has 0 unspecified atom stereocenters. The average molecular weight is 227 g/mol. The van der Waals surface area contributed by atoms with Gasteiger partial charge in [-0.2, -0.15) is 0 Å². The Morgan fingerprint density at radius 1 is 1.31 bits per heavy atom. The Morgan fingerprint density at radius 2 is 2.06 bits per heavy atom. The molecule has 1 aliphatic rings. The zero-order valence-corrected chi connectivity index (χ0v) is 10.5. The minimum atomic E-state index is 0.174. The summed E-state index contributed by atoms with van der Waals surface area (Å²) < 4.78 is 4.88. The second-order valence-corrected chi connectivity index (χ2v) is 4.74. The van der Waals surface area contributed by atoms with Crippen LogP contribution < -0.4 is 5.32 Å². The maximum atomic E-state index is 11.4. The molecule has 3 heteroatoms. The van der Waals surface area contributed by atoms with Crippen LogP contribution in [0.5, 0.6) is 0 Å². The van der Waals surface area contributed by atoms with Gasteiger partial charge in [-0.25, -0.2) is 0 Å². The van der Waals surface area contributed by atoms with Crippen molar-refractivity contribution in [1.29, 1.82) is 0 Å². The van der Waals surface area contributed by atoms with Crippen molar-refractivity contribution in [1.82, 2.24) is 5.32 Å². The van der Waals surface area contributed by atoms with Crippen LogP contribution in [0.2, 0.25) is 0 Å². The Kier molecular flexibility index (Phi) is 7.23. The summed E-state index contributed by atoms with van der Waals surface area (Å²) in [5.41, 5.74) is 0. The SMILES string of the molecule is COCCNC(=O)CCCC1CCCCC1. The number of carbonyl (C=O) groups is 1. The molecular formula is C13H25NO2. The third-order valence-electron chi connectivity index (χ3n) is 3.37. The van der Waals surface area contributed by atoms with E-state index in [2.05, 4.69) is 5.32 Å². The second-order valence-electron chi connectivity index (χ2n) is 4.74. The van der Waals surface area contributed by atoms with Crippen LogP contribution in [0.1, 0.15) is 51.4 Å². The van der Waals surface area contributed by atoms with Gasteiger partial charge in [0.25, 0.3) is 0 Å². The Labute approximate surface area is 98.9 Å². The molecule has 1 N–H and O–H groups in total. The van der Waals surface area contributed by atoms with Crippen molar-refractivity contribution < 1.29 is 9.53 Å². The van der Waals surface area contributed by atoms with Gasteiger partial charge < -0.3 is 10.1 Å². The van der Waals surface area contributed by atoms with Crippen molar-refractivity contribution in [2.24, 2.45) is 5.92 Å². The second kappa shape index (κ2) is 8.57. The van der Waals surface area contributed by atoms with Crippen molar-refractivity contribution in [3.05, 3.63) is 0 Å². The summed E-state index contributed by atoms with van der Waals surface area (Å²) in [5, 5.41) is 2.86. The molecule has 1 amide bonds. The summed E-state index contributed by atoms with van der Waals surface area (Å²) in [6.07, 6.45) is 9.92. The van der Waals surface area contributed by atoms with E-state index in [1.807, 2.05) is 0 Å². The van der Waals surface area contributed by atoms with Gasteiger partial charge in [0.05, 0.1) is 6.61 Å². The molecule has 1 rings (SSSR count). The summed E-state index contributed by atoms with van der Waals surface area (Å²) in [5.74, 6) is 1.06. The van der Waals surface area contributed by atoms with E-state index >= 15 is 0 Å². The van der Waals surface area contributed by atoms with Crippen LogP contribution in [-0.2, 0) is 9.53 Å². The molecule has 1 fully saturated rings. The largest absolute Gasteiger partial charge is 0.383 e. The molecular weight excluding hydrogens is 202 g/mol. The van der Waals surface area contributed by atoms with Gasteiger partial charge in [0.1, 0.15) is 0 Å². The molecule has 0 aliphatic heterocycles. The summed E-state index contributed by atoms with van der Waals surface area (Å²) in [4.78, 5) is 11.4. The van der Waals surface area contributed by atoms with Gasteiger partial charge in [0.15, 0.2) is 0 Å². The van der Waals surface area contributed by atoms with Crippen LogP contribution in [0.15, 0.2) is 0 Å². The Bertz CT molecular complexity index is 188. The summed E-state index contributed by atoms with van der Waals surface area (Å²) >= 11 is 0. The molecule has 0 aromatic carbocycles. The first kappa shape index (κ1) is 13.5. The molecule has 0 bridgehead atoms. The Hall–Kier alpha value is -0.570. The lowest BCUT2D eigenvalue weighted by atomic mass is 9.86. The van der Waals surface area contributed by atoms with Gasteiger partial charge in [-0.15, -0.1) is 0 Å². The normalized spacial score (nSPS) is 17.3. The van der Waals surface area contributed by atoms with E-state index in [-0.39, 0.29) is 5.91 Å². The number of methoxy groups -OCH3 is 1. The smallest absolute Gasteiger partial charge is 0.220 e. The number of hydrogen-bond acceptors (Lipinski definition) is 2. The highest BCUT2D eigenvalue weighted by Crippen LogP contribution is 2.27. The standard InChI is InChI=1S/C13H25NO2/c1-16-11-10-14-13(15)9-5-8-12-6-3-2-4-7-12/h12H,2-11H2,1H3,(H,14,15). The van der Waals surface area contributed by atoms with Crippen molar-refractivity contribution in [2.75, 3.05) is 20.3 Å². The molecule has 0 saturated heterocycles. The maximum absolute atomic E-state index is 11.4. The molecule has 0 aromatic rings. The predicted octanol–water partition coefficient (Wildman–Crippen LogP) is 2.50. The van der Waals surface area contributed by atoms with Crippen molar-refractivity contribution in [3.63, 3.8) is 0 Å². The Morgan fingerprint density at radius 3 is 2.75 bits per heavy atom. The molecule has 0 heterocycles. The molecule has 94 valence electrons. The highest BCUT2D eigenvalue weighted by atomic mass is 16.5. The van der Waals surface area contributed by atoms with Crippen molar-refractivity contribution in [3.8, 4) is 0 Å². The number of rotatable bonds is 7. The first-order valence-corrected chi connectivity index (χ1v) is 6.58. The third-order valence-corrected chi connectivity index (χ3v) is 3.37. The Balaban J connectivity index is 1.94. The zero-order valence-electron chi connectivity index (χ0n) is 10.5. The van der Waals surface area contributed by atoms with Gasteiger partial charge >= 0.3 is 0 Å². The highest BCUT2D eigenvalue weighted by Gasteiger charge is 2.13. The molecule has 1 aliphatic carbocycles. The van der Waals surface area contributed by atoms with Gasteiger partial charge in [-0.3, -0.25) is 4.79 Å². The average Bonchev–Trinajstić information content (AvgIpc) is 2.31. The van der Waals surface area contributed by atoms with E-state index in [0.29, 0.717) is 19.6 Å². The molecule has 3 nitrogen and oxygen atoms in total. The molecule has 0 spiro atoms. The summed E-state index contributed by atoms with van der Waals surface area (Å²) in [7, 11) is 1.65. The number of nitrogens with one attached hydrogen (secondary N) is 1. The van der Waals surface area contributed by atoms with E-state index < -0.39 is 0 Å². The van der Waals surface area contributed by atoms with E-state index in [9.17, 15) is 4.79 Å². The lowest BCUT2D eigenvalue weighted by Gasteiger charge is -2.21. The minimum Gasteiger partial charge on any atom is -0.383 e. The summed E-state index contributed by atoms with van der Waals surface area (Å²) in [6, 6.07) is 0. The molecule has 16 heavy (non-hydrogen) atoms. The lowest BCUT2D eigenvalue weighted by molar-refractivity contribution is -0.121. The molecule has 0 atom stereocenters. The van der Waals surface area contributed by atoms with Crippen LogP contribution >= 0.6 is 0 Å². The zero-order chi connectivity index (χ0) is 11.6. The topological polar surface area (TPSA) is 38.3 Å². The lowest BCUT2D eigenvalue weighted by Crippen LogP contribution is -2.26. The maximum Gasteiger partial charge on any atom is 0.220 e. The fourth-order valence-electron chi connectivity index (χ4n) is 2.41. The molecule has 0 aromatic heterocycles. The predicted molar refractivity (Wildman–Crippen MR) is 65.3 cm³/mol. The van der Waals surface area contributed by atoms with Crippen LogP contribution in [0, 0.1) is 5.92 Å². The fourth-order valence-corrected chi connectivity index (χ4v) is 2.41. The first-order chi connectivity index (χ1) is 7.83. The number of ether oxygens (including phenoxy) is 1. The fraction of sp³-hybridized carbons (Fsp3) is 0.923. The first-order valence-electron chi connectivity index (χ1n) is 6.58. The monoisotopic (exact) mass is 227 g/mol. The van der Waals surface area contributed by atoms with E-state index in [1.165, 1.54) is 38.5 Å². The summed E-state index contributed by atoms with van der Waals surface area (Å²) in [6.45, 7) is 1.24. The minimum absolute atomic E-state index is 0.174. The van der Waals surface area contributed by atoms with Crippen LogP contribution in [-0.4, -0.2) is 26.2 Å². The van der Waals surface area contributed by atoms with Crippen molar-refractivity contribution in [2.45, 2.75) is 51.4 Å². The van der Waals surface area contributed by atoms with E-state index in [4.69, 9.17) is 4.74 Å². The van der Waals surface area contributed by atoms with Gasteiger partial charge in [-0.05, 0) is 18.8 Å². The quantitative estimate of drug-likeness (QED) is 0.679. The van der Waals surface area contributed by atoms with Gasteiger partial charge in [-0.1, -0.05) is 32.1 Å². The molecule has 0 radical (unpaired) electrons.